The molecule has 0 bridgehead atoms. The molecule has 0 spiro atoms. The van der Waals surface area contributed by atoms with Crippen LogP contribution < -0.4 is 5.32 Å². The van der Waals surface area contributed by atoms with Crippen molar-refractivity contribution >= 4 is 5.91 Å². The second kappa shape index (κ2) is 4.29. The van der Waals surface area contributed by atoms with Gasteiger partial charge in [-0.05, 0) is 18.8 Å². The second-order valence-corrected chi connectivity index (χ2v) is 3.61. The van der Waals surface area contributed by atoms with Gasteiger partial charge in [0.25, 0.3) is 5.91 Å². The van der Waals surface area contributed by atoms with Crippen molar-refractivity contribution in [2.75, 3.05) is 6.54 Å². The van der Waals surface area contributed by atoms with Gasteiger partial charge in [0.15, 0.2) is 0 Å². The average Bonchev–Trinajstić information content (AvgIpc) is 2.15. The first kappa shape index (κ1) is 10.1. The van der Waals surface area contributed by atoms with E-state index in [2.05, 4.69) is 5.32 Å². The summed E-state index contributed by atoms with van der Waals surface area (Å²) >= 11 is 0. The summed E-state index contributed by atoms with van der Waals surface area (Å²) in [5.41, 5.74) is -0.717. The maximum atomic E-state index is 10.7. The summed E-state index contributed by atoms with van der Waals surface area (Å²) in [6, 6.07) is 0. The fourth-order valence-corrected chi connectivity index (χ4v) is 1.68. The van der Waals surface area contributed by atoms with E-state index in [9.17, 15) is 9.90 Å². The number of rotatable bonds is 2. The molecule has 0 aromatic rings. The van der Waals surface area contributed by atoms with Crippen LogP contribution in [0, 0.1) is 12.3 Å². The SMILES string of the molecule is C#CC(=O)NCC1(O)CCCCC1. The first-order valence-electron chi connectivity index (χ1n) is 4.63. The molecule has 0 unspecified atom stereocenters. The zero-order valence-corrected chi connectivity index (χ0v) is 7.68. The number of amides is 1. The van der Waals surface area contributed by atoms with Gasteiger partial charge in [0.05, 0.1) is 5.60 Å². The van der Waals surface area contributed by atoms with E-state index >= 15 is 0 Å². The molecule has 1 saturated carbocycles. The quantitative estimate of drug-likeness (QED) is 0.607. The molecular formula is C10H15NO2. The fourth-order valence-electron chi connectivity index (χ4n) is 1.68. The van der Waals surface area contributed by atoms with Gasteiger partial charge in [-0.1, -0.05) is 19.3 Å². The van der Waals surface area contributed by atoms with Gasteiger partial charge in [-0.2, -0.15) is 0 Å². The Morgan fingerprint density at radius 1 is 1.46 bits per heavy atom. The third-order valence-corrected chi connectivity index (χ3v) is 2.49. The van der Waals surface area contributed by atoms with Crippen LogP contribution in [0.2, 0.25) is 0 Å². The molecule has 1 fully saturated rings. The molecule has 1 rings (SSSR count). The molecule has 1 aliphatic carbocycles. The van der Waals surface area contributed by atoms with Crippen LogP contribution in [-0.4, -0.2) is 23.2 Å². The molecule has 0 atom stereocenters. The van der Waals surface area contributed by atoms with Gasteiger partial charge >= 0.3 is 0 Å². The van der Waals surface area contributed by atoms with Crippen LogP contribution >= 0.6 is 0 Å². The van der Waals surface area contributed by atoms with Crippen molar-refractivity contribution in [2.24, 2.45) is 0 Å². The molecule has 1 aliphatic rings. The molecule has 0 heterocycles. The molecule has 72 valence electrons. The monoisotopic (exact) mass is 181 g/mol. The molecule has 0 aromatic heterocycles. The van der Waals surface area contributed by atoms with Crippen molar-refractivity contribution in [3.8, 4) is 12.3 Å². The Bertz CT molecular complexity index is 224. The summed E-state index contributed by atoms with van der Waals surface area (Å²) in [7, 11) is 0. The smallest absolute Gasteiger partial charge is 0.295 e. The molecule has 0 aliphatic heterocycles. The standard InChI is InChI=1S/C10H15NO2/c1-2-9(12)11-8-10(13)6-4-3-5-7-10/h1,13H,3-8H2,(H,11,12). The number of nitrogens with one attached hydrogen (secondary N) is 1. The summed E-state index contributed by atoms with van der Waals surface area (Å²) < 4.78 is 0. The third-order valence-electron chi connectivity index (χ3n) is 2.49. The number of hydrogen-bond acceptors (Lipinski definition) is 2. The minimum atomic E-state index is -0.717. The molecule has 13 heavy (non-hydrogen) atoms. The Morgan fingerprint density at radius 3 is 2.62 bits per heavy atom. The normalized spacial score (nSPS) is 20.3. The highest BCUT2D eigenvalue weighted by molar-refractivity contribution is 5.92. The van der Waals surface area contributed by atoms with Crippen LogP contribution in [0.4, 0.5) is 0 Å². The predicted molar refractivity (Wildman–Crippen MR) is 49.9 cm³/mol. The molecule has 0 saturated heterocycles. The lowest BCUT2D eigenvalue weighted by Crippen LogP contribution is -2.43. The summed E-state index contributed by atoms with van der Waals surface area (Å²) in [5, 5.41) is 12.4. The van der Waals surface area contributed by atoms with Crippen LogP contribution in [0.3, 0.4) is 0 Å². The molecule has 3 nitrogen and oxygen atoms in total. The van der Waals surface area contributed by atoms with Gasteiger partial charge in [0.1, 0.15) is 0 Å². The largest absolute Gasteiger partial charge is 0.388 e. The van der Waals surface area contributed by atoms with Crippen LogP contribution in [0.5, 0.6) is 0 Å². The molecule has 2 N–H and O–H groups in total. The zero-order chi connectivity index (χ0) is 9.73. The molecule has 1 amide bonds. The average molecular weight is 181 g/mol. The second-order valence-electron chi connectivity index (χ2n) is 3.61. The predicted octanol–water partition coefficient (Wildman–Crippen LogP) is 0.431. The van der Waals surface area contributed by atoms with Crippen LogP contribution in [-0.2, 0) is 4.79 Å². The van der Waals surface area contributed by atoms with Gasteiger partial charge < -0.3 is 10.4 Å². The minimum Gasteiger partial charge on any atom is -0.388 e. The number of aliphatic hydroxyl groups is 1. The van der Waals surface area contributed by atoms with Crippen molar-refractivity contribution in [1.29, 1.82) is 0 Å². The van der Waals surface area contributed by atoms with Gasteiger partial charge in [-0.25, -0.2) is 0 Å². The maximum absolute atomic E-state index is 10.7. The van der Waals surface area contributed by atoms with Crippen LogP contribution in [0.25, 0.3) is 0 Å². The third kappa shape index (κ3) is 3.08. The highest BCUT2D eigenvalue weighted by atomic mass is 16.3. The van der Waals surface area contributed by atoms with Gasteiger partial charge in [0.2, 0.25) is 0 Å². The Morgan fingerprint density at radius 2 is 2.08 bits per heavy atom. The minimum absolute atomic E-state index is 0.288. The Hall–Kier alpha value is -1.01. The summed E-state index contributed by atoms with van der Waals surface area (Å²) in [6.07, 6.45) is 9.64. The van der Waals surface area contributed by atoms with E-state index in [1.54, 1.807) is 0 Å². The Kier molecular flexibility index (Phi) is 3.32. The highest BCUT2D eigenvalue weighted by Gasteiger charge is 2.29. The molecule has 0 aromatic carbocycles. The van der Waals surface area contributed by atoms with Gasteiger partial charge in [-0.3, -0.25) is 4.79 Å². The first-order chi connectivity index (χ1) is 6.16. The van der Waals surface area contributed by atoms with E-state index < -0.39 is 11.5 Å². The summed E-state index contributed by atoms with van der Waals surface area (Å²) in [5.74, 6) is 1.52. The van der Waals surface area contributed by atoms with E-state index in [4.69, 9.17) is 6.42 Å². The Balaban J connectivity index is 2.34. The first-order valence-corrected chi connectivity index (χ1v) is 4.63. The van der Waals surface area contributed by atoms with Crippen molar-refractivity contribution in [2.45, 2.75) is 37.7 Å². The van der Waals surface area contributed by atoms with Gasteiger partial charge in [0, 0.05) is 6.54 Å². The van der Waals surface area contributed by atoms with Crippen LogP contribution in [0.1, 0.15) is 32.1 Å². The van der Waals surface area contributed by atoms with E-state index in [1.807, 2.05) is 5.92 Å². The topological polar surface area (TPSA) is 49.3 Å². The van der Waals surface area contributed by atoms with E-state index in [-0.39, 0.29) is 6.54 Å². The summed E-state index contributed by atoms with van der Waals surface area (Å²) in [6.45, 7) is 0.288. The van der Waals surface area contributed by atoms with E-state index in [0.29, 0.717) is 0 Å². The Labute approximate surface area is 78.5 Å². The van der Waals surface area contributed by atoms with Crippen molar-refractivity contribution in [1.82, 2.24) is 5.32 Å². The lowest BCUT2D eigenvalue weighted by molar-refractivity contribution is -0.117. The molecular weight excluding hydrogens is 166 g/mol. The lowest BCUT2D eigenvalue weighted by atomic mass is 9.85. The number of terminal acetylenes is 1. The summed E-state index contributed by atoms with van der Waals surface area (Å²) in [4.78, 5) is 10.7. The molecule has 3 heteroatoms. The van der Waals surface area contributed by atoms with Gasteiger partial charge in [-0.15, -0.1) is 6.42 Å². The van der Waals surface area contributed by atoms with E-state index in [1.165, 1.54) is 6.42 Å². The number of carbonyl (C=O) groups is 1. The lowest BCUT2D eigenvalue weighted by Gasteiger charge is -2.31. The van der Waals surface area contributed by atoms with Crippen molar-refractivity contribution in [3.63, 3.8) is 0 Å². The van der Waals surface area contributed by atoms with Crippen molar-refractivity contribution < 1.29 is 9.90 Å². The van der Waals surface area contributed by atoms with Crippen molar-refractivity contribution in [3.05, 3.63) is 0 Å². The molecule has 0 radical (unpaired) electrons. The number of carbonyl (C=O) groups excluding carboxylic acids is 1. The number of hydrogen-bond donors (Lipinski definition) is 2. The highest BCUT2D eigenvalue weighted by Crippen LogP contribution is 2.27. The fraction of sp³-hybridized carbons (Fsp3) is 0.700. The zero-order valence-electron chi connectivity index (χ0n) is 7.68. The van der Waals surface area contributed by atoms with E-state index in [0.717, 1.165) is 25.7 Å². The maximum Gasteiger partial charge on any atom is 0.295 e. The van der Waals surface area contributed by atoms with Crippen LogP contribution in [0.15, 0.2) is 0 Å².